The number of para-hydroxylation sites is 1. The lowest BCUT2D eigenvalue weighted by Crippen LogP contribution is -2.00. The van der Waals surface area contributed by atoms with E-state index in [0.717, 1.165) is 57.4 Å². The highest BCUT2D eigenvalue weighted by molar-refractivity contribution is 5.93. The van der Waals surface area contributed by atoms with E-state index in [2.05, 4.69) is 29.0 Å². The predicted octanol–water partition coefficient (Wildman–Crippen LogP) is 5.53. The van der Waals surface area contributed by atoms with Crippen LogP contribution in [0.15, 0.2) is 77.4 Å². The van der Waals surface area contributed by atoms with E-state index in [-0.39, 0.29) is 0 Å². The molecule has 166 valence electrons. The Balaban J connectivity index is 0.000000668. The third-order valence-corrected chi connectivity index (χ3v) is 5.04. The molecule has 0 saturated heterocycles. The normalized spacial score (nSPS) is 10.5. The summed E-state index contributed by atoms with van der Waals surface area (Å²) < 4.78 is 16.3. The fraction of sp³-hybridized carbons (Fsp3) is 0.222. The number of hydrogen-bond acceptors (Lipinski definition) is 5. The van der Waals surface area contributed by atoms with Crippen LogP contribution in [0, 0.1) is 0 Å². The van der Waals surface area contributed by atoms with Crippen molar-refractivity contribution >= 4 is 17.3 Å². The monoisotopic (exact) mass is 431 g/mol. The van der Waals surface area contributed by atoms with E-state index >= 15 is 0 Å². The zero-order chi connectivity index (χ0) is 22.8. The minimum atomic E-state index is 0.341. The molecule has 0 saturated carbocycles. The average Bonchev–Trinajstić information content (AvgIpc) is 3.32. The van der Waals surface area contributed by atoms with Crippen LogP contribution in [0.4, 0.5) is 0 Å². The third kappa shape index (κ3) is 5.84. The van der Waals surface area contributed by atoms with Gasteiger partial charge in [-0.05, 0) is 53.9 Å². The van der Waals surface area contributed by atoms with Crippen molar-refractivity contribution in [2.75, 3.05) is 13.7 Å². The van der Waals surface area contributed by atoms with Gasteiger partial charge in [0.25, 0.3) is 0 Å². The summed E-state index contributed by atoms with van der Waals surface area (Å²) >= 11 is 0. The molecule has 1 heterocycles. The van der Waals surface area contributed by atoms with E-state index in [4.69, 9.17) is 14.9 Å². The molecule has 0 amide bonds. The van der Waals surface area contributed by atoms with E-state index in [9.17, 15) is 4.79 Å². The van der Waals surface area contributed by atoms with Gasteiger partial charge in [-0.25, -0.2) is 0 Å². The van der Waals surface area contributed by atoms with E-state index in [1.165, 1.54) is 0 Å². The molecule has 0 radical (unpaired) electrons. The number of nitrogens with two attached hydrogens (primary N) is 1. The minimum absolute atomic E-state index is 0.341. The number of carbonyl (C=O) groups is 1. The van der Waals surface area contributed by atoms with Crippen molar-refractivity contribution in [3.05, 3.63) is 89.7 Å². The van der Waals surface area contributed by atoms with Gasteiger partial charge in [0, 0.05) is 43.2 Å². The first kappa shape index (κ1) is 23.3. The molecule has 0 aliphatic rings. The number of carbonyl (C=O) groups excluding carboxylic acids is 1. The zero-order valence-electron chi connectivity index (χ0n) is 18.5. The van der Waals surface area contributed by atoms with Crippen LogP contribution in [-0.4, -0.2) is 20.0 Å². The maximum absolute atomic E-state index is 10.9. The molecule has 1 aromatic heterocycles. The maximum Gasteiger partial charge on any atom is 0.141 e. The van der Waals surface area contributed by atoms with Gasteiger partial charge in [0.15, 0.2) is 0 Å². The van der Waals surface area contributed by atoms with Crippen LogP contribution >= 0.6 is 0 Å². The number of rotatable bonds is 8. The van der Waals surface area contributed by atoms with Crippen molar-refractivity contribution in [1.29, 1.82) is 0 Å². The van der Waals surface area contributed by atoms with Gasteiger partial charge >= 0.3 is 0 Å². The fourth-order valence-corrected chi connectivity index (χ4v) is 3.37. The number of ether oxygens (including phenoxy) is 2. The maximum atomic E-state index is 10.9. The van der Waals surface area contributed by atoms with Gasteiger partial charge in [-0.2, -0.15) is 0 Å². The molecule has 0 spiro atoms. The van der Waals surface area contributed by atoms with Crippen molar-refractivity contribution < 1.29 is 18.7 Å². The number of benzene rings is 3. The molecule has 0 fully saturated rings. The topological polar surface area (TPSA) is 74.7 Å². The van der Waals surface area contributed by atoms with Gasteiger partial charge in [0.05, 0.1) is 6.26 Å². The summed E-state index contributed by atoms with van der Waals surface area (Å²) in [6, 6.07) is 21.9. The number of aldehydes is 1. The highest BCUT2D eigenvalue weighted by atomic mass is 16.5. The molecule has 5 heteroatoms. The smallest absolute Gasteiger partial charge is 0.141 e. The van der Waals surface area contributed by atoms with Crippen molar-refractivity contribution in [3.8, 4) is 16.9 Å². The van der Waals surface area contributed by atoms with E-state index in [0.29, 0.717) is 19.6 Å². The first-order chi connectivity index (χ1) is 15.7. The summed E-state index contributed by atoms with van der Waals surface area (Å²) in [5.74, 6) is 0.730. The Morgan fingerprint density at radius 1 is 1.00 bits per heavy atom. The molecule has 0 bridgehead atoms. The third-order valence-electron chi connectivity index (χ3n) is 5.04. The van der Waals surface area contributed by atoms with E-state index < -0.39 is 0 Å². The Labute approximate surface area is 188 Å². The van der Waals surface area contributed by atoms with Crippen molar-refractivity contribution in [1.82, 2.24) is 0 Å². The van der Waals surface area contributed by atoms with Gasteiger partial charge in [0.1, 0.15) is 24.2 Å². The molecule has 0 aliphatic carbocycles. The predicted molar refractivity (Wildman–Crippen MR) is 128 cm³/mol. The lowest BCUT2D eigenvalue weighted by molar-refractivity contribution is -0.107. The number of methoxy groups -OCH3 is 1. The number of hydrogen-bond donors (Lipinski definition) is 1. The molecule has 5 nitrogen and oxygen atoms in total. The SMILES string of the molecule is CCOC.NCc1cccc(-c2cc(COc3ccccc3CC=O)cc3ccoc23)c1. The Bertz CT molecular complexity index is 1150. The standard InChI is InChI=1S/C24H21NO3.C3H8O/c25-15-17-4-3-6-20(12-17)22-14-18(13-21-9-11-27-24(21)22)16-28-23-7-2-1-5-19(23)8-10-26;1-3-4-2/h1-7,9-14H,8,15-16,25H2;3H2,1-2H3. The highest BCUT2D eigenvalue weighted by Gasteiger charge is 2.11. The summed E-state index contributed by atoms with van der Waals surface area (Å²) in [7, 11) is 1.68. The summed E-state index contributed by atoms with van der Waals surface area (Å²) in [6.07, 6.45) is 2.93. The first-order valence-corrected chi connectivity index (χ1v) is 10.6. The van der Waals surface area contributed by atoms with Crippen LogP contribution in [0.25, 0.3) is 22.1 Å². The van der Waals surface area contributed by atoms with Crippen LogP contribution in [-0.2, 0) is 29.1 Å². The molecule has 2 N–H and O–H groups in total. The molecule has 0 atom stereocenters. The summed E-state index contributed by atoms with van der Waals surface area (Å²) in [4.78, 5) is 10.9. The Hall–Kier alpha value is -3.41. The van der Waals surface area contributed by atoms with Gasteiger partial charge < -0.3 is 24.4 Å². The largest absolute Gasteiger partial charge is 0.489 e. The Morgan fingerprint density at radius 3 is 2.56 bits per heavy atom. The van der Waals surface area contributed by atoms with Gasteiger partial charge in [0.2, 0.25) is 0 Å². The number of furan rings is 1. The van der Waals surface area contributed by atoms with E-state index in [1.807, 2.05) is 49.4 Å². The molecule has 4 aromatic rings. The average molecular weight is 432 g/mol. The second-order valence-corrected chi connectivity index (χ2v) is 7.23. The molecule has 3 aromatic carbocycles. The van der Waals surface area contributed by atoms with Gasteiger partial charge in [-0.1, -0.05) is 36.4 Å². The molecular weight excluding hydrogens is 402 g/mol. The van der Waals surface area contributed by atoms with E-state index in [1.54, 1.807) is 13.4 Å². The van der Waals surface area contributed by atoms with Gasteiger partial charge in [-0.3, -0.25) is 0 Å². The first-order valence-electron chi connectivity index (χ1n) is 10.6. The number of fused-ring (bicyclic) bond motifs is 1. The summed E-state index contributed by atoms with van der Waals surface area (Å²) in [5.41, 5.74) is 11.7. The van der Waals surface area contributed by atoms with Crippen LogP contribution in [0.5, 0.6) is 5.75 Å². The van der Waals surface area contributed by atoms with Crippen molar-refractivity contribution in [2.45, 2.75) is 26.5 Å². The molecule has 0 aliphatic heterocycles. The molecule has 4 rings (SSSR count). The lowest BCUT2D eigenvalue weighted by Gasteiger charge is -2.12. The lowest BCUT2D eigenvalue weighted by atomic mass is 9.99. The van der Waals surface area contributed by atoms with Crippen LogP contribution in [0.1, 0.15) is 23.6 Å². The summed E-state index contributed by atoms with van der Waals surface area (Å²) in [5, 5.41) is 1.02. The van der Waals surface area contributed by atoms with Crippen molar-refractivity contribution in [2.24, 2.45) is 5.73 Å². The molecular formula is C27H29NO4. The fourth-order valence-electron chi connectivity index (χ4n) is 3.37. The minimum Gasteiger partial charge on any atom is -0.489 e. The highest BCUT2D eigenvalue weighted by Crippen LogP contribution is 2.32. The Kier molecular flexibility index (Phi) is 8.61. The van der Waals surface area contributed by atoms with Gasteiger partial charge in [-0.15, -0.1) is 0 Å². The van der Waals surface area contributed by atoms with Crippen LogP contribution < -0.4 is 10.5 Å². The Morgan fingerprint density at radius 2 is 1.81 bits per heavy atom. The van der Waals surface area contributed by atoms with Crippen LogP contribution in [0.2, 0.25) is 0 Å². The quantitative estimate of drug-likeness (QED) is 0.371. The van der Waals surface area contributed by atoms with Crippen LogP contribution in [0.3, 0.4) is 0 Å². The summed E-state index contributed by atoms with van der Waals surface area (Å²) in [6.45, 7) is 3.67. The van der Waals surface area contributed by atoms with Crippen molar-refractivity contribution in [3.63, 3.8) is 0 Å². The second-order valence-electron chi connectivity index (χ2n) is 7.23. The molecule has 32 heavy (non-hydrogen) atoms. The zero-order valence-corrected chi connectivity index (χ0v) is 18.5. The molecule has 0 unspecified atom stereocenters. The second kappa shape index (κ2) is 11.8.